The lowest BCUT2D eigenvalue weighted by Crippen LogP contribution is -1.88. The molecule has 0 saturated heterocycles. The van der Waals surface area contributed by atoms with E-state index in [1.807, 2.05) is 42.5 Å². The predicted molar refractivity (Wildman–Crippen MR) is 76.6 cm³/mol. The van der Waals surface area contributed by atoms with Crippen LogP contribution in [0.15, 0.2) is 65.8 Å². The molecule has 0 aliphatic carbocycles. The molecule has 3 rings (SSSR count). The van der Waals surface area contributed by atoms with Crippen LogP contribution in [-0.2, 0) is 0 Å². The van der Waals surface area contributed by atoms with Gasteiger partial charge in [-0.25, -0.2) is 4.98 Å². The highest BCUT2D eigenvalue weighted by molar-refractivity contribution is 5.88. The fourth-order valence-electron chi connectivity index (χ4n) is 2.08. The van der Waals surface area contributed by atoms with E-state index in [0.29, 0.717) is 5.69 Å². The molecule has 0 unspecified atom stereocenters. The summed E-state index contributed by atoms with van der Waals surface area (Å²) in [5, 5.41) is 12.6. The van der Waals surface area contributed by atoms with Crippen LogP contribution >= 0.6 is 0 Å². The third-order valence-corrected chi connectivity index (χ3v) is 3.01. The Morgan fingerprint density at radius 2 is 1.74 bits per heavy atom. The van der Waals surface area contributed by atoms with Crippen molar-refractivity contribution in [3.05, 3.63) is 66.4 Å². The van der Waals surface area contributed by atoms with Gasteiger partial charge in [0.2, 0.25) is 0 Å². The molecule has 0 radical (unpaired) electrons. The maximum absolute atomic E-state index is 8.51. The van der Waals surface area contributed by atoms with Gasteiger partial charge >= 0.3 is 0 Å². The molecule has 0 fully saturated rings. The highest BCUT2D eigenvalue weighted by Gasteiger charge is 2.01. The Kier molecular flexibility index (Phi) is 2.94. The summed E-state index contributed by atoms with van der Waals surface area (Å²) in [6, 6.07) is 20.2. The Morgan fingerprint density at radius 3 is 2.53 bits per heavy atom. The van der Waals surface area contributed by atoms with Gasteiger partial charge in [0.25, 0.3) is 0 Å². The van der Waals surface area contributed by atoms with Crippen LogP contribution in [0.1, 0.15) is 5.69 Å². The van der Waals surface area contributed by atoms with Gasteiger partial charge < -0.3 is 5.21 Å². The number of benzene rings is 2. The van der Waals surface area contributed by atoms with Crippen molar-refractivity contribution in [2.45, 2.75) is 0 Å². The first-order valence-corrected chi connectivity index (χ1v) is 6.00. The van der Waals surface area contributed by atoms with E-state index < -0.39 is 0 Å². The van der Waals surface area contributed by atoms with Crippen molar-refractivity contribution in [3.8, 4) is 11.1 Å². The van der Waals surface area contributed by atoms with Crippen LogP contribution in [0.3, 0.4) is 0 Å². The predicted octanol–water partition coefficient (Wildman–Crippen LogP) is 3.71. The molecule has 0 bridgehead atoms. The molecule has 0 atom stereocenters. The normalized spacial score (nSPS) is 11.2. The lowest BCUT2D eigenvalue weighted by atomic mass is 10.0. The number of hydrogen-bond acceptors (Lipinski definition) is 3. The van der Waals surface area contributed by atoms with Gasteiger partial charge in [0.1, 0.15) is 0 Å². The molecule has 3 nitrogen and oxygen atoms in total. The third kappa shape index (κ3) is 2.31. The minimum atomic E-state index is 0.641. The van der Waals surface area contributed by atoms with Crippen molar-refractivity contribution in [2.24, 2.45) is 5.16 Å². The molecule has 19 heavy (non-hydrogen) atoms. The van der Waals surface area contributed by atoms with Gasteiger partial charge in [0, 0.05) is 5.39 Å². The van der Waals surface area contributed by atoms with Crippen LogP contribution in [0, 0.1) is 0 Å². The second-order valence-corrected chi connectivity index (χ2v) is 4.25. The number of nitrogens with zero attached hydrogens (tertiary/aromatic N) is 2. The molecule has 0 spiro atoms. The molecule has 3 heteroatoms. The van der Waals surface area contributed by atoms with Crippen molar-refractivity contribution < 1.29 is 5.21 Å². The number of hydrogen-bond donors (Lipinski definition) is 1. The zero-order chi connectivity index (χ0) is 13.1. The Labute approximate surface area is 110 Å². The van der Waals surface area contributed by atoms with Crippen molar-refractivity contribution >= 4 is 17.1 Å². The van der Waals surface area contributed by atoms with Crippen LogP contribution in [-0.4, -0.2) is 16.4 Å². The van der Waals surface area contributed by atoms with E-state index in [9.17, 15) is 0 Å². The van der Waals surface area contributed by atoms with Crippen LogP contribution < -0.4 is 0 Å². The topological polar surface area (TPSA) is 45.5 Å². The minimum absolute atomic E-state index is 0.641. The molecule has 1 heterocycles. The molecule has 0 saturated carbocycles. The molecule has 2 aromatic carbocycles. The fraction of sp³-hybridized carbons (Fsp3) is 0. The van der Waals surface area contributed by atoms with Crippen LogP contribution in [0.2, 0.25) is 0 Å². The Morgan fingerprint density at radius 1 is 0.895 bits per heavy atom. The molecular weight excluding hydrogens is 236 g/mol. The van der Waals surface area contributed by atoms with E-state index in [-0.39, 0.29) is 0 Å². The van der Waals surface area contributed by atoms with E-state index in [0.717, 1.165) is 10.9 Å². The van der Waals surface area contributed by atoms with Crippen molar-refractivity contribution in [2.75, 3.05) is 0 Å². The van der Waals surface area contributed by atoms with Gasteiger partial charge in [-0.1, -0.05) is 47.6 Å². The maximum Gasteiger partial charge on any atom is 0.0918 e. The third-order valence-electron chi connectivity index (χ3n) is 3.01. The second kappa shape index (κ2) is 4.90. The second-order valence-electron chi connectivity index (χ2n) is 4.25. The average Bonchev–Trinajstić information content (AvgIpc) is 2.48. The van der Waals surface area contributed by atoms with Gasteiger partial charge in [0.05, 0.1) is 17.4 Å². The van der Waals surface area contributed by atoms with Gasteiger partial charge in [-0.15, -0.1) is 0 Å². The van der Waals surface area contributed by atoms with E-state index in [2.05, 4.69) is 28.3 Å². The molecule has 1 N–H and O–H groups in total. The summed E-state index contributed by atoms with van der Waals surface area (Å²) in [4.78, 5) is 4.39. The number of aromatic nitrogens is 1. The Hall–Kier alpha value is -2.68. The van der Waals surface area contributed by atoms with E-state index in [1.165, 1.54) is 17.3 Å². The largest absolute Gasteiger partial charge is 0.411 e. The first-order valence-electron chi connectivity index (χ1n) is 6.00. The smallest absolute Gasteiger partial charge is 0.0918 e. The summed E-state index contributed by atoms with van der Waals surface area (Å²) >= 11 is 0. The molecule has 0 amide bonds. The van der Waals surface area contributed by atoms with Crippen LogP contribution in [0.25, 0.3) is 22.0 Å². The molecule has 0 aliphatic heterocycles. The lowest BCUT2D eigenvalue weighted by molar-refractivity contribution is 0.321. The summed E-state index contributed by atoms with van der Waals surface area (Å²) in [6.45, 7) is 0. The van der Waals surface area contributed by atoms with E-state index >= 15 is 0 Å². The van der Waals surface area contributed by atoms with Crippen molar-refractivity contribution in [1.29, 1.82) is 0 Å². The first-order chi connectivity index (χ1) is 9.36. The minimum Gasteiger partial charge on any atom is -0.411 e. The van der Waals surface area contributed by atoms with Gasteiger partial charge in [0.15, 0.2) is 0 Å². The van der Waals surface area contributed by atoms with Crippen LogP contribution in [0.5, 0.6) is 0 Å². The lowest BCUT2D eigenvalue weighted by Gasteiger charge is -2.04. The number of fused-ring (bicyclic) bond motifs is 1. The van der Waals surface area contributed by atoms with Gasteiger partial charge in [-0.05, 0) is 29.3 Å². The monoisotopic (exact) mass is 248 g/mol. The maximum atomic E-state index is 8.51. The number of rotatable bonds is 2. The zero-order valence-corrected chi connectivity index (χ0v) is 10.2. The summed E-state index contributed by atoms with van der Waals surface area (Å²) in [5.74, 6) is 0. The fourth-order valence-corrected chi connectivity index (χ4v) is 2.08. The summed E-state index contributed by atoms with van der Waals surface area (Å²) in [5.41, 5.74) is 3.88. The quantitative estimate of drug-likeness (QED) is 0.427. The highest BCUT2D eigenvalue weighted by Crippen LogP contribution is 2.23. The highest BCUT2D eigenvalue weighted by atomic mass is 16.4. The Bertz CT molecular complexity index is 736. The molecule has 3 aromatic rings. The van der Waals surface area contributed by atoms with Gasteiger partial charge in [-0.3, -0.25) is 0 Å². The zero-order valence-electron chi connectivity index (χ0n) is 10.2. The average molecular weight is 248 g/mol. The van der Waals surface area contributed by atoms with E-state index in [4.69, 9.17) is 5.21 Å². The van der Waals surface area contributed by atoms with Gasteiger partial charge in [-0.2, -0.15) is 0 Å². The number of oxime groups is 1. The molecule has 1 aromatic heterocycles. The first kappa shape index (κ1) is 11.4. The summed E-state index contributed by atoms with van der Waals surface area (Å²) in [7, 11) is 0. The van der Waals surface area contributed by atoms with Crippen molar-refractivity contribution in [3.63, 3.8) is 0 Å². The molecule has 92 valence electrons. The summed E-state index contributed by atoms with van der Waals surface area (Å²) in [6.07, 6.45) is 1.32. The molecular formula is C16H12N2O. The Balaban J connectivity index is 2.10. The van der Waals surface area contributed by atoms with Crippen molar-refractivity contribution in [1.82, 2.24) is 4.98 Å². The van der Waals surface area contributed by atoms with Crippen LogP contribution in [0.4, 0.5) is 0 Å². The molecule has 0 aliphatic rings. The van der Waals surface area contributed by atoms with E-state index in [1.54, 1.807) is 0 Å². The SMILES string of the molecule is O/N=C/c1ccc2cc(-c3ccccc3)ccc2n1. The standard InChI is InChI=1S/C16H12N2O/c19-17-11-15-8-6-14-10-13(7-9-16(14)18-15)12-4-2-1-3-5-12/h1-11,19H/b17-11+. The summed E-state index contributed by atoms with van der Waals surface area (Å²) < 4.78 is 0. The number of pyridine rings is 1.